The molecule has 2 heteroatoms. The van der Waals surface area contributed by atoms with Crippen LogP contribution in [0.5, 0.6) is 0 Å². The second kappa shape index (κ2) is 16.2. The summed E-state index contributed by atoms with van der Waals surface area (Å²) in [6.07, 6.45) is 15.2. The quantitative estimate of drug-likeness (QED) is 0.252. The van der Waals surface area contributed by atoms with Gasteiger partial charge in [0.15, 0.2) is 0 Å². The van der Waals surface area contributed by atoms with E-state index in [1.165, 1.54) is 82.7 Å². The summed E-state index contributed by atoms with van der Waals surface area (Å²) < 4.78 is 6.11. The molecule has 0 aromatic rings. The Kier molecular flexibility index (Phi) is 16.4. The zero-order chi connectivity index (χ0) is 14.2. The molecule has 19 heavy (non-hydrogen) atoms. The Hall–Kier alpha value is 0.177. The van der Waals surface area contributed by atoms with Crippen LogP contribution in [-0.2, 0) is 4.43 Å². The fraction of sp³-hybridized carbons (Fsp3) is 1.00. The Balaban J connectivity index is 3.57. The predicted molar refractivity (Wildman–Crippen MR) is 89.1 cm³/mol. The summed E-state index contributed by atoms with van der Waals surface area (Å²) in [5.74, 6) is 0. The first-order valence-electron chi connectivity index (χ1n) is 8.82. The van der Waals surface area contributed by atoms with E-state index in [0.717, 1.165) is 6.61 Å². The van der Waals surface area contributed by atoms with E-state index in [9.17, 15) is 0 Å². The van der Waals surface area contributed by atoms with Gasteiger partial charge < -0.3 is 4.43 Å². The maximum absolute atomic E-state index is 6.11. The van der Waals surface area contributed by atoms with Gasteiger partial charge in [-0.05, 0) is 18.5 Å². The molecule has 0 aromatic carbocycles. The van der Waals surface area contributed by atoms with Crippen LogP contribution in [0.3, 0.4) is 0 Å². The van der Waals surface area contributed by atoms with Crippen molar-refractivity contribution in [2.75, 3.05) is 6.61 Å². The molecular formula is C17H37OSi. The normalized spacial score (nSPS) is 11.4. The summed E-state index contributed by atoms with van der Waals surface area (Å²) in [6.45, 7) is 7.80. The Morgan fingerprint density at radius 1 is 0.579 bits per heavy atom. The van der Waals surface area contributed by atoms with Crippen LogP contribution in [-0.4, -0.2) is 15.6 Å². The third kappa shape index (κ3) is 14.4. The maximum Gasteiger partial charge on any atom is 0.211 e. The van der Waals surface area contributed by atoms with Gasteiger partial charge in [0.05, 0.1) is 0 Å². The molecule has 0 spiro atoms. The van der Waals surface area contributed by atoms with E-state index < -0.39 is 9.04 Å². The summed E-state index contributed by atoms with van der Waals surface area (Å²) in [4.78, 5) is 0. The van der Waals surface area contributed by atoms with E-state index in [-0.39, 0.29) is 0 Å². The summed E-state index contributed by atoms with van der Waals surface area (Å²) in [5, 5.41) is 0. The smallest absolute Gasteiger partial charge is 0.211 e. The van der Waals surface area contributed by atoms with Crippen molar-refractivity contribution >= 4 is 9.04 Å². The molecule has 1 radical (unpaired) electrons. The van der Waals surface area contributed by atoms with Gasteiger partial charge in [0.1, 0.15) is 0 Å². The van der Waals surface area contributed by atoms with Gasteiger partial charge in [0, 0.05) is 6.61 Å². The van der Waals surface area contributed by atoms with Crippen LogP contribution in [0.4, 0.5) is 0 Å². The molecule has 0 N–H and O–H groups in total. The Labute approximate surface area is 124 Å². The summed E-state index contributed by atoms with van der Waals surface area (Å²) >= 11 is 0. The zero-order valence-corrected chi connectivity index (χ0v) is 14.8. The molecule has 0 aliphatic carbocycles. The Bertz CT molecular complexity index is 147. The summed E-state index contributed by atoms with van der Waals surface area (Å²) in [7, 11) is -0.481. The lowest BCUT2D eigenvalue weighted by atomic mass is 10.2. The lowest BCUT2D eigenvalue weighted by Gasteiger charge is -2.15. The van der Waals surface area contributed by atoms with Gasteiger partial charge >= 0.3 is 0 Å². The monoisotopic (exact) mass is 285 g/mol. The van der Waals surface area contributed by atoms with E-state index in [1.54, 1.807) is 0 Å². The molecule has 0 heterocycles. The van der Waals surface area contributed by atoms with Crippen LogP contribution < -0.4 is 0 Å². The lowest BCUT2D eigenvalue weighted by Crippen LogP contribution is -2.18. The number of hydrogen-bond donors (Lipinski definition) is 0. The number of hydrogen-bond acceptors (Lipinski definition) is 1. The van der Waals surface area contributed by atoms with E-state index in [0.29, 0.717) is 0 Å². The molecule has 0 aliphatic rings. The molecule has 0 bridgehead atoms. The van der Waals surface area contributed by atoms with Crippen molar-refractivity contribution in [3.05, 3.63) is 0 Å². The van der Waals surface area contributed by atoms with Crippen molar-refractivity contribution in [1.29, 1.82) is 0 Å². The first-order chi connectivity index (χ1) is 9.35. The maximum atomic E-state index is 6.11. The van der Waals surface area contributed by atoms with Crippen LogP contribution in [0, 0.1) is 0 Å². The highest BCUT2D eigenvalue weighted by atomic mass is 28.3. The van der Waals surface area contributed by atoms with Crippen molar-refractivity contribution in [2.24, 2.45) is 0 Å². The number of unbranched alkanes of at least 4 members (excludes halogenated alkanes) is 8. The number of rotatable bonds is 15. The fourth-order valence-electron chi connectivity index (χ4n) is 2.37. The van der Waals surface area contributed by atoms with Crippen molar-refractivity contribution in [2.45, 2.75) is 103 Å². The Morgan fingerprint density at radius 3 is 1.47 bits per heavy atom. The highest BCUT2D eigenvalue weighted by Gasteiger charge is 2.12. The molecule has 0 rings (SSSR count). The average molecular weight is 286 g/mol. The van der Waals surface area contributed by atoms with Crippen molar-refractivity contribution in [3.8, 4) is 0 Å². The molecule has 0 saturated carbocycles. The molecule has 0 aliphatic heterocycles. The van der Waals surface area contributed by atoms with Crippen LogP contribution in [0.2, 0.25) is 12.1 Å². The van der Waals surface area contributed by atoms with Gasteiger partial charge in [0.25, 0.3) is 0 Å². The molecular weight excluding hydrogens is 248 g/mol. The van der Waals surface area contributed by atoms with Crippen LogP contribution in [0.1, 0.15) is 91.4 Å². The Morgan fingerprint density at radius 2 is 1.05 bits per heavy atom. The van der Waals surface area contributed by atoms with Gasteiger partial charge in [-0.1, -0.05) is 85.0 Å². The minimum atomic E-state index is -0.481. The molecule has 0 unspecified atom stereocenters. The first kappa shape index (κ1) is 19.2. The molecule has 0 aromatic heterocycles. The van der Waals surface area contributed by atoms with Crippen LogP contribution in [0.15, 0.2) is 0 Å². The van der Waals surface area contributed by atoms with Crippen molar-refractivity contribution in [1.82, 2.24) is 0 Å². The van der Waals surface area contributed by atoms with Gasteiger partial charge in [-0.2, -0.15) is 0 Å². The van der Waals surface area contributed by atoms with Crippen molar-refractivity contribution < 1.29 is 4.43 Å². The predicted octanol–water partition coefficient (Wildman–Crippen LogP) is 6.35. The largest absolute Gasteiger partial charge is 0.417 e. The highest BCUT2D eigenvalue weighted by Crippen LogP contribution is 2.15. The molecule has 0 amide bonds. The minimum absolute atomic E-state index is 0.481. The van der Waals surface area contributed by atoms with E-state index in [1.807, 2.05) is 0 Å². The molecule has 0 fully saturated rings. The van der Waals surface area contributed by atoms with Gasteiger partial charge in [-0.3, -0.25) is 0 Å². The van der Waals surface area contributed by atoms with E-state index in [2.05, 4.69) is 20.8 Å². The third-order valence-electron chi connectivity index (χ3n) is 3.63. The summed E-state index contributed by atoms with van der Waals surface area (Å²) in [6, 6.07) is 2.78. The lowest BCUT2D eigenvalue weighted by molar-refractivity contribution is 0.315. The minimum Gasteiger partial charge on any atom is -0.417 e. The van der Waals surface area contributed by atoms with Gasteiger partial charge in [-0.15, -0.1) is 0 Å². The standard InChI is InChI=1S/C17H37OSi/c1-4-7-9-11-13-16-19(18-15-6-3)17-14-12-10-8-5-2/h4-17H2,1-3H3. The SMILES string of the molecule is CCCCCCC[Si](CCCCCCC)OCCC. The fourth-order valence-corrected chi connectivity index (χ4v) is 4.69. The zero-order valence-electron chi connectivity index (χ0n) is 13.8. The molecule has 0 atom stereocenters. The highest BCUT2D eigenvalue weighted by molar-refractivity contribution is 6.51. The molecule has 115 valence electrons. The van der Waals surface area contributed by atoms with Gasteiger partial charge in [0.2, 0.25) is 9.04 Å². The molecule has 1 nitrogen and oxygen atoms in total. The van der Waals surface area contributed by atoms with Gasteiger partial charge in [-0.25, -0.2) is 0 Å². The average Bonchev–Trinajstić information content (AvgIpc) is 2.43. The second-order valence-corrected chi connectivity index (χ2v) is 8.08. The summed E-state index contributed by atoms with van der Waals surface area (Å²) in [5.41, 5.74) is 0. The van der Waals surface area contributed by atoms with Crippen molar-refractivity contribution in [3.63, 3.8) is 0 Å². The first-order valence-corrected chi connectivity index (χ1v) is 10.6. The second-order valence-electron chi connectivity index (χ2n) is 5.72. The molecule has 0 saturated heterocycles. The van der Waals surface area contributed by atoms with Crippen LogP contribution in [0.25, 0.3) is 0 Å². The van der Waals surface area contributed by atoms with E-state index in [4.69, 9.17) is 4.43 Å². The van der Waals surface area contributed by atoms with E-state index >= 15 is 0 Å². The third-order valence-corrected chi connectivity index (χ3v) is 6.06. The van der Waals surface area contributed by atoms with Crippen LogP contribution >= 0.6 is 0 Å². The topological polar surface area (TPSA) is 9.23 Å².